The second kappa shape index (κ2) is 4.14. The van der Waals surface area contributed by atoms with E-state index in [-0.39, 0.29) is 11.2 Å². The van der Waals surface area contributed by atoms with Gasteiger partial charge in [0.1, 0.15) is 0 Å². The van der Waals surface area contributed by atoms with Crippen LogP contribution in [0.15, 0.2) is 0 Å². The fourth-order valence-corrected chi connectivity index (χ4v) is 1.45. The van der Waals surface area contributed by atoms with E-state index in [1.54, 1.807) is 0 Å². The lowest BCUT2D eigenvalue weighted by Crippen LogP contribution is -2.49. The first kappa shape index (κ1) is 9.86. The van der Waals surface area contributed by atoms with Crippen molar-refractivity contribution in [2.75, 3.05) is 33.2 Å². The van der Waals surface area contributed by atoms with Crippen molar-refractivity contribution in [2.24, 2.45) is 0 Å². The van der Waals surface area contributed by atoms with Crippen LogP contribution >= 0.6 is 12.6 Å². The Kier molecular flexibility index (Phi) is 3.40. The highest BCUT2D eigenvalue weighted by molar-refractivity contribution is 7.81. The molecule has 0 aromatic carbocycles. The number of thiol groups is 1. The van der Waals surface area contributed by atoms with E-state index in [2.05, 4.69) is 24.6 Å². The lowest BCUT2D eigenvalue weighted by atomic mass is 10.3. The first-order chi connectivity index (χ1) is 5.61. The summed E-state index contributed by atoms with van der Waals surface area (Å²) in [5, 5.41) is -0.159. The van der Waals surface area contributed by atoms with Crippen LogP contribution in [0.3, 0.4) is 0 Å². The molecule has 1 heterocycles. The summed E-state index contributed by atoms with van der Waals surface area (Å²) < 4.78 is 0. The van der Waals surface area contributed by atoms with Crippen molar-refractivity contribution in [3.05, 3.63) is 0 Å². The first-order valence-corrected chi connectivity index (χ1v) is 4.78. The molecule has 1 atom stereocenters. The minimum absolute atomic E-state index is 0.159. The van der Waals surface area contributed by atoms with Gasteiger partial charge in [0.05, 0.1) is 5.25 Å². The van der Waals surface area contributed by atoms with Gasteiger partial charge in [0.2, 0.25) is 5.91 Å². The highest BCUT2D eigenvalue weighted by Crippen LogP contribution is 2.04. The van der Waals surface area contributed by atoms with E-state index in [9.17, 15) is 4.79 Å². The third-order valence-corrected chi connectivity index (χ3v) is 2.39. The standard InChI is InChI=1S/C8H16N2OS/c1-7(12)8(11)10-5-3-9(2)4-6-10/h7,12H,3-6H2,1-2H3/t7-/m1/s1. The molecular weight excluding hydrogens is 172 g/mol. The predicted octanol–water partition coefficient (Wildman–Crippen LogP) is 0.0787. The van der Waals surface area contributed by atoms with Gasteiger partial charge in [-0.1, -0.05) is 0 Å². The van der Waals surface area contributed by atoms with Crippen molar-refractivity contribution in [3.63, 3.8) is 0 Å². The van der Waals surface area contributed by atoms with Gasteiger partial charge < -0.3 is 9.80 Å². The highest BCUT2D eigenvalue weighted by Gasteiger charge is 2.21. The summed E-state index contributed by atoms with van der Waals surface area (Å²) in [6, 6.07) is 0. The van der Waals surface area contributed by atoms with Gasteiger partial charge in [0, 0.05) is 26.2 Å². The summed E-state index contributed by atoms with van der Waals surface area (Å²) in [6.07, 6.45) is 0. The molecule has 0 aromatic rings. The molecule has 0 N–H and O–H groups in total. The van der Waals surface area contributed by atoms with Gasteiger partial charge in [0.25, 0.3) is 0 Å². The third-order valence-electron chi connectivity index (χ3n) is 2.17. The maximum absolute atomic E-state index is 11.4. The van der Waals surface area contributed by atoms with Crippen molar-refractivity contribution in [1.29, 1.82) is 0 Å². The number of nitrogens with zero attached hydrogens (tertiary/aromatic N) is 2. The fraction of sp³-hybridized carbons (Fsp3) is 0.875. The zero-order valence-electron chi connectivity index (χ0n) is 7.66. The number of hydrogen-bond donors (Lipinski definition) is 1. The maximum atomic E-state index is 11.4. The summed E-state index contributed by atoms with van der Waals surface area (Å²) in [6.45, 7) is 5.47. The Morgan fingerprint density at radius 2 is 1.83 bits per heavy atom. The van der Waals surface area contributed by atoms with E-state index >= 15 is 0 Å². The highest BCUT2D eigenvalue weighted by atomic mass is 32.1. The normalized spacial score (nSPS) is 22.4. The number of piperazine rings is 1. The monoisotopic (exact) mass is 188 g/mol. The van der Waals surface area contributed by atoms with Crippen molar-refractivity contribution in [3.8, 4) is 0 Å². The molecule has 4 heteroatoms. The zero-order chi connectivity index (χ0) is 9.14. The number of carbonyl (C=O) groups is 1. The molecule has 0 saturated carbocycles. The van der Waals surface area contributed by atoms with Crippen LogP contribution in [-0.4, -0.2) is 54.2 Å². The van der Waals surface area contributed by atoms with Crippen molar-refractivity contribution >= 4 is 18.5 Å². The van der Waals surface area contributed by atoms with Gasteiger partial charge in [-0.05, 0) is 14.0 Å². The van der Waals surface area contributed by atoms with Crippen LogP contribution in [0.4, 0.5) is 0 Å². The van der Waals surface area contributed by atoms with Gasteiger partial charge in [0.15, 0.2) is 0 Å². The molecule has 1 rings (SSSR count). The number of rotatable bonds is 1. The topological polar surface area (TPSA) is 23.6 Å². The molecule has 3 nitrogen and oxygen atoms in total. The smallest absolute Gasteiger partial charge is 0.235 e. The Morgan fingerprint density at radius 1 is 1.33 bits per heavy atom. The average molecular weight is 188 g/mol. The number of amides is 1. The Hall–Kier alpha value is -0.220. The van der Waals surface area contributed by atoms with Crippen molar-refractivity contribution < 1.29 is 4.79 Å². The van der Waals surface area contributed by atoms with Crippen LogP contribution < -0.4 is 0 Å². The van der Waals surface area contributed by atoms with Gasteiger partial charge in [-0.2, -0.15) is 12.6 Å². The molecule has 0 aliphatic carbocycles. The predicted molar refractivity (Wildman–Crippen MR) is 52.5 cm³/mol. The number of carbonyl (C=O) groups excluding carboxylic acids is 1. The molecule has 0 radical (unpaired) electrons. The molecule has 1 aliphatic rings. The van der Waals surface area contributed by atoms with Crippen molar-refractivity contribution in [1.82, 2.24) is 9.80 Å². The second-order valence-corrected chi connectivity index (χ2v) is 4.08. The Bertz CT molecular complexity index is 164. The van der Waals surface area contributed by atoms with E-state index in [1.807, 2.05) is 11.8 Å². The fourth-order valence-electron chi connectivity index (χ4n) is 1.29. The summed E-state index contributed by atoms with van der Waals surface area (Å²) >= 11 is 4.12. The lowest BCUT2D eigenvalue weighted by Gasteiger charge is -2.33. The second-order valence-electron chi connectivity index (χ2n) is 3.30. The first-order valence-electron chi connectivity index (χ1n) is 4.26. The van der Waals surface area contributed by atoms with Gasteiger partial charge >= 0.3 is 0 Å². The molecule has 0 aromatic heterocycles. The van der Waals surface area contributed by atoms with Crippen LogP contribution in [0.25, 0.3) is 0 Å². The Balaban J connectivity index is 2.39. The summed E-state index contributed by atoms with van der Waals surface area (Å²) in [5.41, 5.74) is 0. The number of hydrogen-bond acceptors (Lipinski definition) is 3. The van der Waals surface area contributed by atoms with Crippen LogP contribution in [0.5, 0.6) is 0 Å². The van der Waals surface area contributed by atoms with Gasteiger partial charge in [-0.15, -0.1) is 0 Å². The van der Waals surface area contributed by atoms with Crippen LogP contribution in [0.2, 0.25) is 0 Å². The van der Waals surface area contributed by atoms with E-state index in [0.29, 0.717) is 0 Å². The van der Waals surface area contributed by atoms with Crippen LogP contribution in [-0.2, 0) is 4.79 Å². The minimum atomic E-state index is -0.159. The average Bonchev–Trinajstić information content (AvgIpc) is 2.04. The SMILES string of the molecule is C[C@@H](S)C(=O)N1CCN(C)CC1. The molecule has 1 amide bonds. The van der Waals surface area contributed by atoms with E-state index in [1.165, 1.54) is 0 Å². The zero-order valence-corrected chi connectivity index (χ0v) is 8.55. The molecular formula is C8H16N2OS. The molecule has 1 fully saturated rings. The number of likely N-dealkylation sites (N-methyl/N-ethyl adjacent to an activating group) is 1. The van der Waals surface area contributed by atoms with E-state index in [0.717, 1.165) is 26.2 Å². The molecule has 0 spiro atoms. The van der Waals surface area contributed by atoms with Crippen molar-refractivity contribution in [2.45, 2.75) is 12.2 Å². The molecule has 1 aliphatic heterocycles. The van der Waals surface area contributed by atoms with Crippen LogP contribution in [0, 0.1) is 0 Å². The van der Waals surface area contributed by atoms with E-state index in [4.69, 9.17) is 0 Å². The Morgan fingerprint density at radius 3 is 2.25 bits per heavy atom. The van der Waals surface area contributed by atoms with Crippen LogP contribution in [0.1, 0.15) is 6.92 Å². The Labute approximate surface area is 79.1 Å². The molecule has 1 saturated heterocycles. The molecule has 0 unspecified atom stereocenters. The molecule has 0 bridgehead atoms. The van der Waals surface area contributed by atoms with Gasteiger partial charge in [-0.3, -0.25) is 4.79 Å². The quantitative estimate of drug-likeness (QED) is 0.589. The molecule has 12 heavy (non-hydrogen) atoms. The summed E-state index contributed by atoms with van der Waals surface area (Å²) in [5.74, 6) is 0.159. The minimum Gasteiger partial charge on any atom is -0.339 e. The lowest BCUT2D eigenvalue weighted by molar-refractivity contribution is -0.131. The summed E-state index contributed by atoms with van der Waals surface area (Å²) in [4.78, 5) is 15.6. The third kappa shape index (κ3) is 2.38. The molecule has 70 valence electrons. The summed E-state index contributed by atoms with van der Waals surface area (Å²) in [7, 11) is 2.08. The largest absolute Gasteiger partial charge is 0.339 e. The maximum Gasteiger partial charge on any atom is 0.235 e. The van der Waals surface area contributed by atoms with Gasteiger partial charge in [-0.25, -0.2) is 0 Å². The van der Waals surface area contributed by atoms with E-state index < -0.39 is 0 Å².